The number of amides is 2. The second-order valence-corrected chi connectivity index (χ2v) is 6.11. The average molecular weight is 385 g/mol. The fourth-order valence-electron chi connectivity index (χ4n) is 2.75. The molecule has 9 heteroatoms. The van der Waals surface area contributed by atoms with Crippen LogP contribution < -0.4 is 9.80 Å². The zero-order chi connectivity index (χ0) is 19.2. The molecule has 0 radical (unpaired) electrons. The van der Waals surface area contributed by atoms with Crippen LogP contribution in [-0.2, 0) is 15.8 Å². The Kier molecular flexibility index (Phi) is 4.31. The molecule has 0 saturated carbocycles. The molecule has 0 spiro atoms. The number of hydrogen-bond acceptors (Lipinski definition) is 3. The van der Waals surface area contributed by atoms with E-state index in [0.29, 0.717) is 0 Å². The Labute approximate surface area is 151 Å². The van der Waals surface area contributed by atoms with E-state index in [2.05, 4.69) is 0 Å². The number of rotatable bonds is 1. The Hall–Kier alpha value is -2.74. The Morgan fingerprint density at radius 2 is 1.81 bits per heavy atom. The van der Waals surface area contributed by atoms with Crippen molar-refractivity contribution >= 4 is 40.5 Å². The lowest BCUT2D eigenvalue weighted by atomic mass is 10.1. The van der Waals surface area contributed by atoms with Gasteiger partial charge in [-0.2, -0.15) is 13.2 Å². The van der Waals surface area contributed by atoms with Crippen LogP contribution in [-0.4, -0.2) is 23.5 Å². The number of benzene rings is 2. The fourth-order valence-corrected chi connectivity index (χ4v) is 2.92. The van der Waals surface area contributed by atoms with Crippen molar-refractivity contribution in [2.45, 2.75) is 13.1 Å². The van der Waals surface area contributed by atoms with Crippen LogP contribution >= 0.6 is 11.6 Å². The van der Waals surface area contributed by atoms with Gasteiger partial charge in [0.25, 0.3) is 5.91 Å². The minimum Gasteiger partial charge on any atom is -0.506 e. The SMILES string of the molecule is CC(=O)N1CC(=O)N(c2cc(Cl)ccc2O)c2ccc(C(F)(F)F)cc21. The number of nitrogens with zero attached hydrogens (tertiary/aromatic N) is 2. The summed E-state index contributed by atoms with van der Waals surface area (Å²) in [6, 6.07) is 6.70. The first kappa shape index (κ1) is 18.1. The number of phenolic OH excluding ortho intramolecular Hbond substituents is 1. The summed E-state index contributed by atoms with van der Waals surface area (Å²) < 4.78 is 39.2. The number of aromatic hydroxyl groups is 1. The minimum absolute atomic E-state index is 0.0201. The Morgan fingerprint density at radius 1 is 1.12 bits per heavy atom. The molecule has 0 bridgehead atoms. The topological polar surface area (TPSA) is 60.9 Å². The number of alkyl halides is 3. The van der Waals surface area contributed by atoms with Crippen LogP contribution in [0.4, 0.5) is 30.2 Å². The standard InChI is InChI=1S/C17H12ClF3N2O3/c1-9(24)22-8-16(26)23(14-7-11(18)3-5-15(14)25)12-4-2-10(6-13(12)22)17(19,20)21/h2-7,25H,8H2,1H3. The van der Waals surface area contributed by atoms with Crippen molar-refractivity contribution in [1.82, 2.24) is 0 Å². The molecule has 2 aromatic rings. The van der Waals surface area contributed by atoms with Crippen LogP contribution in [0.1, 0.15) is 12.5 Å². The van der Waals surface area contributed by atoms with E-state index in [1.807, 2.05) is 0 Å². The first-order valence-electron chi connectivity index (χ1n) is 7.40. The van der Waals surface area contributed by atoms with E-state index in [0.717, 1.165) is 34.9 Å². The molecule has 1 aliphatic heterocycles. The number of fused-ring (bicyclic) bond motifs is 1. The van der Waals surface area contributed by atoms with Gasteiger partial charge in [0.15, 0.2) is 0 Å². The summed E-state index contributed by atoms with van der Waals surface area (Å²) in [5, 5.41) is 10.3. The lowest BCUT2D eigenvalue weighted by Gasteiger charge is -2.36. The second kappa shape index (κ2) is 6.21. The van der Waals surface area contributed by atoms with Gasteiger partial charge in [-0.05, 0) is 36.4 Å². The second-order valence-electron chi connectivity index (χ2n) is 5.67. The van der Waals surface area contributed by atoms with Crippen molar-refractivity contribution in [3.63, 3.8) is 0 Å². The van der Waals surface area contributed by atoms with Crippen LogP contribution in [0.2, 0.25) is 5.02 Å². The summed E-state index contributed by atoms with van der Waals surface area (Å²) in [6.07, 6.45) is -4.61. The molecule has 0 unspecified atom stereocenters. The molecular weight excluding hydrogens is 373 g/mol. The third-order valence-electron chi connectivity index (χ3n) is 3.94. The van der Waals surface area contributed by atoms with Crippen molar-refractivity contribution in [1.29, 1.82) is 0 Å². The molecule has 1 heterocycles. The van der Waals surface area contributed by atoms with E-state index >= 15 is 0 Å². The molecule has 0 aromatic heterocycles. The van der Waals surface area contributed by atoms with Gasteiger partial charge in [-0.25, -0.2) is 0 Å². The maximum atomic E-state index is 13.1. The fraction of sp³-hybridized carbons (Fsp3) is 0.176. The van der Waals surface area contributed by atoms with Gasteiger partial charge in [-0.15, -0.1) is 0 Å². The highest BCUT2D eigenvalue weighted by Gasteiger charge is 2.37. The van der Waals surface area contributed by atoms with E-state index in [9.17, 15) is 27.9 Å². The molecule has 1 N–H and O–H groups in total. The monoisotopic (exact) mass is 384 g/mol. The first-order chi connectivity index (χ1) is 12.1. The maximum Gasteiger partial charge on any atom is 0.416 e. The van der Waals surface area contributed by atoms with Crippen molar-refractivity contribution < 1.29 is 27.9 Å². The summed E-state index contributed by atoms with van der Waals surface area (Å²) in [4.78, 5) is 26.4. The molecule has 2 aromatic carbocycles. The van der Waals surface area contributed by atoms with E-state index in [-0.39, 0.29) is 27.8 Å². The van der Waals surface area contributed by atoms with Gasteiger partial charge in [0.1, 0.15) is 12.3 Å². The number of carbonyl (C=O) groups is 2. The van der Waals surface area contributed by atoms with Crippen LogP contribution in [0.25, 0.3) is 0 Å². The van der Waals surface area contributed by atoms with Crippen molar-refractivity contribution in [3.8, 4) is 5.75 Å². The quantitative estimate of drug-likeness (QED) is 0.805. The largest absolute Gasteiger partial charge is 0.506 e. The van der Waals surface area contributed by atoms with E-state index in [1.165, 1.54) is 18.2 Å². The maximum absolute atomic E-state index is 13.1. The highest BCUT2D eigenvalue weighted by molar-refractivity contribution is 6.31. The molecule has 2 amide bonds. The van der Waals surface area contributed by atoms with Crippen LogP contribution in [0.15, 0.2) is 36.4 Å². The molecule has 0 fully saturated rings. The number of hydrogen-bond donors (Lipinski definition) is 1. The Balaban J connectivity index is 2.24. The van der Waals surface area contributed by atoms with Crippen LogP contribution in [0.3, 0.4) is 0 Å². The van der Waals surface area contributed by atoms with E-state index in [1.54, 1.807) is 0 Å². The predicted octanol–water partition coefficient (Wildman–Crippen LogP) is 4.10. The molecular formula is C17H12ClF3N2O3. The molecule has 26 heavy (non-hydrogen) atoms. The van der Waals surface area contributed by atoms with Crippen LogP contribution in [0, 0.1) is 0 Å². The normalized spacial score (nSPS) is 14.4. The average Bonchev–Trinajstić information content (AvgIpc) is 2.55. The zero-order valence-corrected chi connectivity index (χ0v) is 14.1. The highest BCUT2D eigenvalue weighted by atomic mass is 35.5. The summed E-state index contributed by atoms with van der Waals surface area (Å²) in [5.41, 5.74) is -0.966. The summed E-state index contributed by atoms with van der Waals surface area (Å²) in [5.74, 6) is -1.44. The summed E-state index contributed by atoms with van der Waals surface area (Å²) >= 11 is 5.91. The summed E-state index contributed by atoms with van der Waals surface area (Å²) in [7, 11) is 0. The molecule has 0 atom stereocenters. The van der Waals surface area contributed by atoms with Gasteiger partial charge in [-0.3, -0.25) is 14.5 Å². The van der Waals surface area contributed by atoms with Gasteiger partial charge in [-0.1, -0.05) is 11.6 Å². The Bertz CT molecular complexity index is 915. The lowest BCUT2D eigenvalue weighted by molar-refractivity contribution is -0.137. The van der Waals surface area contributed by atoms with Gasteiger partial charge >= 0.3 is 6.18 Å². The third-order valence-corrected chi connectivity index (χ3v) is 4.17. The van der Waals surface area contributed by atoms with Crippen molar-refractivity contribution in [2.75, 3.05) is 16.3 Å². The van der Waals surface area contributed by atoms with Crippen molar-refractivity contribution in [2.24, 2.45) is 0 Å². The minimum atomic E-state index is -4.61. The molecule has 0 saturated heterocycles. The van der Waals surface area contributed by atoms with Gasteiger partial charge in [0.2, 0.25) is 5.91 Å². The molecule has 0 aliphatic carbocycles. The third kappa shape index (κ3) is 3.08. The molecule has 1 aliphatic rings. The molecule has 3 rings (SSSR count). The number of phenols is 1. The van der Waals surface area contributed by atoms with Gasteiger partial charge in [0, 0.05) is 11.9 Å². The predicted molar refractivity (Wildman–Crippen MR) is 89.7 cm³/mol. The lowest BCUT2D eigenvalue weighted by Crippen LogP contribution is -2.45. The van der Waals surface area contributed by atoms with E-state index < -0.39 is 30.1 Å². The van der Waals surface area contributed by atoms with Crippen molar-refractivity contribution in [3.05, 3.63) is 47.0 Å². The Morgan fingerprint density at radius 3 is 2.42 bits per heavy atom. The molecule has 5 nitrogen and oxygen atoms in total. The number of carbonyl (C=O) groups excluding carboxylic acids is 2. The van der Waals surface area contributed by atoms with Gasteiger partial charge in [0.05, 0.1) is 22.6 Å². The summed E-state index contributed by atoms with van der Waals surface area (Å²) in [6.45, 7) is 0.694. The first-order valence-corrected chi connectivity index (χ1v) is 7.78. The van der Waals surface area contributed by atoms with Gasteiger partial charge < -0.3 is 10.0 Å². The highest BCUT2D eigenvalue weighted by Crippen LogP contribution is 2.44. The van der Waals surface area contributed by atoms with Crippen LogP contribution in [0.5, 0.6) is 5.75 Å². The smallest absolute Gasteiger partial charge is 0.416 e. The van der Waals surface area contributed by atoms with E-state index in [4.69, 9.17) is 11.6 Å². The number of halogens is 4. The zero-order valence-electron chi connectivity index (χ0n) is 13.3. The molecule has 136 valence electrons. The number of anilines is 3.